The summed E-state index contributed by atoms with van der Waals surface area (Å²) in [5.74, 6) is -0.939. The number of phenolic OH excluding ortho intramolecular Hbond substituents is 1. The molecule has 0 aliphatic heterocycles. The molecule has 0 unspecified atom stereocenters. The smallest absolute Gasteiger partial charge is 0.303 e. The van der Waals surface area contributed by atoms with Crippen molar-refractivity contribution in [1.29, 1.82) is 0 Å². The molecular weight excluding hydrogens is 270 g/mol. The highest BCUT2D eigenvalue weighted by Crippen LogP contribution is 2.26. The fraction of sp³-hybridized carbons (Fsp3) is 0.500. The lowest BCUT2D eigenvalue weighted by atomic mass is 9.84. The number of carboxylic acids is 1. The van der Waals surface area contributed by atoms with Crippen molar-refractivity contribution in [1.82, 2.24) is 5.32 Å². The Labute approximate surface area is 125 Å². The predicted octanol–water partition coefficient (Wildman–Crippen LogP) is 2.71. The number of carboxylic acid groups (broad SMARTS) is 1. The molecule has 0 bridgehead atoms. The third-order valence-corrected chi connectivity index (χ3v) is 3.57. The molecule has 3 N–H and O–H groups in total. The molecule has 0 aliphatic rings. The summed E-state index contributed by atoms with van der Waals surface area (Å²) in [4.78, 5) is 22.5. The van der Waals surface area contributed by atoms with Crippen LogP contribution in [0.2, 0.25) is 0 Å². The number of rotatable bonds is 7. The number of carbonyl (C=O) groups is 2. The number of amides is 1. The van der Waals surface area contributed by atoms with E-state index in [9.17, 15) is 14.7 Å². The maximum absolute atomic E-state index is 11.9. The summed E-state index contributed by atoms with van der Waals surface area (Å²) >= 11 is 0. The van der Waals surface area contributed by atoms with Gasteiger partial charge >= 0.3 is 5.97 Å². The molecule has 1 aromatic carbocycles. The van der Waals surface area contributed by atoms with Crippen LogP contribution < -0.4 is 5.32 Å². The quantitative estimate of drug-likeness (QED) is 0.721. The van der Waals surface area contributed by atoms with Gasteiger partial charge in [-0.15, -0.1) is 0 Å². The number of nitrogens with one attached hydrogen (secondary N) is 1. The fourth-order valence-corrected chi connectivity index (χ4v) is 1.94. The number of aromatic hydroxyl groups is 1. The van der Waals surface area contributed by atoms with Gasteiger partial charge in [-0.1, -0.05) is 19.9 Å². The first-order valence-electron chi connectivity index (χ1n) is 7.01. The van der Waals surface area contributed by atoms with Crippen LogP contribution in [-0.2, 0) is 4.79 Å². The molecule has 5 nitrogen and oxygen atoms in total. The molecule has 0 aromatic heterocycles. The fourth-order valence-electron chi connectivity index (χ4n) is 1.94. The molecular formula is C16H23NO4. The second kappa shape index (κ2) is 7.11. The highest BCUT2D eigenvalue weighted by atomic mass is 16.4. The van der Waals surface area contributed by atoms with Crippen molar-refractivity contribution >= 4 is 11.9 Å². The number of hydrogen-bond acceptors (Lipinski definition) is 3. The lowest BCUT2D eigenvalue weighted by molar-refractivity contribution is -0.137. The van der Waals surface area contributed by atoms with Gasteiger partial charge in [0.15, 0.2) is 0 Å². The van der Waals surface area contributed by atoms with Crippen LogP contribution in [0.3, 0.4) is 0 Å². The van der Waals surface area contributed by atoms with Crippen LogP contribution in [-0.4, -0.2) is 28.6 Å². The van der Waals surface area contributed by atoms with Crippen molar-refractivity contribution in [3.05, 3.63) is 29.3 Å². The lowest BCUT2D eigenvalue weighted by Gasteiger charge is -2.23. The molecule has 1 amide bonds. The first-order valence-corrected chi connectivity index (χ1v) is 7.01. The van der Waals surface area contributed by atoms with Crippen LogP contribution in [0.15, 0.2) is 18.2 Å². The molecule has 0 saturated carbocycles. The van der Waals surface area contributed by atoms with Crippen LogP contribution >= 0.6 is 0 Å². The molecule has 1 rings (SSSR count). The summed E-state index contributed by atoms with van der Waals surface area (Å²) < 4.78 is 0. The second-order valence-electron chi connectivity index (χ2n) is 6.07. The van der Waals surface area contributed by atoms with E-state index in [-0.39, 0.29) is 23.5 Å². The van der Waals surface area contributed by atoms with Gasteiger partial charge in [-0.05, 0) is 42.9 Å². The zero-order chi connectivity index (χ0) is 16.0. The van der Waals surface area contributed by atoms with Crippen LogP contribution in [0.1, 0.15) is 49.0 Å². The average molecular weight is 293 g/mol. The Hall–Kier alpha value is -2.04. The van der Waals surface area contributed by atoms with Gasteiger partial charge in [0.25, 0.3) is 5.91 Å². The lowest BCUT2D eigenvalue weighted by Crippen LogP contribution is -2.28. The second-order valence-corrected chi connectivity index (χ2v) is 6.07. The Kier molecular flexibility index (Phi) is 5.76. The number of carbonyl (C=O) groups excluding carboxylic acids is 1. The van der Waals surface area contributed by atoms with Crippen molar-refractivity contribution < 1.29 is 19.8 Å². The van der Waals surface area contributed by atoms with Gasteiger partial charge in [0.2, 0.25) is 0 Å². The minimum Gasteiger partial charge on any atom is -0.508 e. The largest absolute Gasteiger partial charge is 0.508 e. The van der Waals surface area contributed by atoms with E-state index in [2.05, 4.69) is 5.32 Å². The Morgan fingerprint density at radius 1 is 1.24 bits per heavy atom. The highest BCUT2D eigenvalue weighted by Gasteiger charge is 2.19. The van der Waals surface area contributed by atoms with Gasteiger partial charge in [0.1, 0.15) is 5.75 Å². The highest BCUT2D eigenvalue weighted by molar-refractivity contribution is 5.94. The maximum Gasteiger partial charge on any atom is 0.303 e. The van der Waals surface area contributed by atoms with Gasteiger partial charge in [-0.3, -0.25) is 9.59 Å². The third kappa shape index (κ3) is 5.85. The molecule has 116 valence electrons. The Bertz CT molecular complexity index is 523. The van der Waals surface area contributed by atoms with E-state index in [0.717, 1.165) is 5.56 Å². The van der Waals surface area contributed by atoms with E-state index in [1.807, 2.05) is 13.8 Å². The third-order valence-electron chi connectivity index (χ3n) is 3.57. The minimum atomic E-state index is -0.803. The molecule has 1 aromatic rings. The Morgan fingerprint density at radius 3 is 2.48 bits per heavy atom. The van der Waals surface area contributed by atoms with Crippen molar-refractivity contribution in [2.24, 2.45) is 5.41 Å². The van der Waals surface area contributed by atoms with Gasteiger partial charge < -0.3 is 15.5 Å². The summed E-state index contributed by atoms with van der Waals surface area (Å²) in [6, 6.07) is 4.81. The zero-order valence-electron chi connectivity index (χ0n) is 12.8. The molecule has 0 atom stereocenters. The number of phenols is 1. The maximum atomic E-state index is 11.9. The molecule has 0 spiro atoms. The molecule has 0 fully saturated rings. The van der Waals surface area contributed by atoms with Gasteiger partial charge in [-0.2, -0.15) is 0 Å². The zero-order valence-corrected chi connectivity index (χ0v) is 12.8. The monoisotopic (exact) mass is 293 g/mol. The summed E-state index contributed by atoms with van der Waals surface area (Å²) in [6.07, 6.45) is 1.40. The molecule has 21 heavy (non-hydrogen) atoms. The van der Waals surface area contributed by atoms with E-state index < -0.39 is 5.97 Å². The molecule has 0 saturated heterocycles. The van der Waals surface area contributed by atoms with Crippen LogP contribution in [0.25, 0.3) is 0 Å². The van der Waals surface area contributed by atoms with Crippen molar-refractivity contribution in [3.8, 4) is 5.75 Å². The van der Waals surface area contributed by atoms with Crippen molar-refractivity contribution in [3.63, 3.8) is 0 Å². The number of benzene rings is 1. The Morgan fingerprint density at radius 2 is 1.90 bits per heavy atom. The molecule has 0 aliphatic carbocycles. The van der Waals surface area contributed by atoms with E-state index in [0.29, 0.717) is 24.9 Å². The van der Waals surface area contributed by atoms with Crippen LogP contribution in [0.5, 0.6) is 5.75 Å². The summed E-state index contributed by atoms with van der Waals surface area (Å²) in [7, 11) is 0. The van der Waals surface area contributed by atoms with Crippen molar-refractivity contribution in [2.75, 3.05) is 6.54 Å². The topological polar surface area (TPSA) is 86.6 Å². The molecule has 0 heterocycles. The predicted molar refractivity (Wildman–Crippen MR) is 80.4 cm³/mol. The van der Waals surface area contributed by atoms with E-state index >= 15 is 0 Å². The summed E-state index contributed by atoms with van der Waals surface area (Å²) in [5, 5.41) is 21.1. The van der Waals surface area contributed by atoms with E-state index in [1.165, 1.54) is 6.07 Å². The van der Waals surface area contributed by atoms with E-state index in [1.54, 1.807) is 19.1 Å². The van der Waals surface area contributed by atoms with Crippen LogP contribution in [0, 0.1) is 12.3 Å². The number of aliphatic carboxylic acids is 1. The standard InChI is InChI=1S/C16H23NO4/c1-11-4-5-12(10-13(11)18)15(21)17-9-8-16(2,3)7-6-14(19)20/h4-5,10,18H,6-9H2,1-3H3,(H,17,21)(H,19,20). The normalized spacial score (nSPS) is 11.2. The van der Waals surface area contributed by atoms with E-state index in [4.69, 9.17) is 5.11 Å². The first-order chi connectivity index (χ1) is 9.71. The Balaban J connectivity index is 2.46. The molecule has 0 radical (unpaired) electrons. The van der Waals surface area contributed by atoms with Gasteiger partial charge in [0, 0.05) is 18.5 Å². The number of aryl methyl sites for hydroxylation is 1. The average Bonchev–Trinajstić information content (AvgIpc) is 2.39. The SMILES string of the molecule is Cc1ccc(C(=O)NCCC(C)(C)CCC(=O)O)cc1O. The molecule has 5 heteroatoms. The minimum absolute atomic E-state index is 0.101. The van der Waals surface area contributed by atoms with Gasteiger partial charge in [0.05, 0.1) is 0 Å². The first kappa shape index (κ1) is 17.0. The van der Waals surface area contributed by atoms with Crippen LogP contribution in [0.4, 0.5) is 0 Å². The summed E-state index contributed by atoms with van der Waals surface area (Å²) in [5.41, 5.74) is 1.00. The van der Waals surface area contributed by atoms with Gasteiger partial charge in [-0.25, -0.2) is 0 Å². The van der Waals surface area contributed by atoms with Crippen molar-refractivity contribution in [2.45, 2.75) is 40.0 Å². The number of hydrogen-bond donors (Lipinski definition) is 3. The summed E-state index contributed by atoms with van der Waals surface area (Å²) in [6.45, 7) is 6.21.